The summed E-state index contributed by atoms with van der Waals surface area (Å²) in [6, 6.07) is 5.30. The molecular weight excluding hydrogens is 278 g/mol. The number of ether oxygens (including phenoxy) is 2. The predicted molar refractivity (Wildman–Crippen MR) is 80.0 cm³/mol. The first-order valence-electron chi connectivity index (χ1n) is 6.61. The summed E-state index contributed by atoms with van der Waals surface area (Å²) in [6.07, 6.45) is 1.18. The largest absolute Gasteiger partial charge is 0.493 e. The molecule has 0 amide bonds. The molecule has 0 bridgehead atoms. The molecule has 0 fully saturated rings. The summed E-state index contributed by atoms with van der Waals surface area (Å²) < 4.78 is 33.2. The van der Waals surface area contributed by atoms with E-state index in [9.17, 15) is 8.42 Å². The monoisotopic (exact) mass is 301 g/mol. The standard InChI is InChI=1S/C14H23NO4S/c1-4-20(16,17)9-5-6-12(15)11-7-8-13(18-2)14(10-11)19-3/h7-8,10,12H,4-6,9,15H2,1-3H3. The Labute approximate surface area is 121 Å². The number of methoxy groups -OCH3 is 2. The highest BCUT2D eigenvalue weighted by molar-refractivity contribution is 7.91. The van der Waals surface area contributed by atoms with Gasteiger partial charge in [-0.15, -0.1) is 0 Å². The zero-order valence-corrected chi connectivity index (χ0v) is 13.1. The van der Waals surface area contributed by atoms with Crippen LogP contribution in [0.4, 0.5) is 0 Å². The van der Waals surface area contributed by atoms with Crippen LogP contribution < -0.4 is 15.2 Å². The minimum absolute atomic E-state index is 0.179. The van der Waals surface area contributed by atoms with Gasteiger partial charge in [0.05, 0.1) is 20.0 Å². The van der Waals surface area contributed by atoms with Gasteiger partial charge >= 0.3 is 0 Å². The second kappa shape index (κ2) is 7.50. The molecule has 6 heteroatoms. The first kappa shape index (κ1) is 16.8. The molecule has 0 aliphatic heterocycles. The van der Waals surface area contributed by atoms with Gasteiger partial charge in [0.25, 0.3) is 0 Å². The van der Waals surface area contributed by atoms with Crippen molar-refractivity contribution in [3.8, 4) is 11.5 Å². The van der Waals surface area contributed by atoms with Gasteiger partial charge < -0.3 is 15.2 Å². The molecule has 1 atom stereocenters. The van der Waals surface area contributed by atoms with Crippen LogP contribution in [0.1, 0.15) is 31.4 Å². The van der Waals surface area contributed by atoms with Crippen LogP contribution in [0, 0.1) is 0 Å². The zero-order valence-electron chi connectivity index (χ0n) is 12.3. The lowest BCUT2D eigenvalue weighted by atomic mass is 10.0. The van der Waals surface area contributed by atoms with E-state index in [1.165, 1.54) is 0 Å². The summed E-state index contributed by atoms with van der Waals surface area (Å²) in [5.74, 6) is 1.64. The maximum atomic E-state index is 11.4. The summed E-state index contributed by atoms with van der Waals surface area (Å²) in [4.78, 5) is 0. The molecule has 2 N–H and O–H groups in total. The molecule has 0 saturated heterocycles. The molecule has 0 heterocycles. The molecule has 0 aromatic heterocycles. The van der Waals surface area contributed by atoms with E-state index in [-0.39, 0.29) is 17.5 Å². The maximum absolute atomic E-state index is 11.4. The van der Waals surface area contributed by atoms with Crippen LogP contribution in [0.3, 0.4) is 0 Å². The second-order valence-electron chi connectivity index (χ2n) is 4.60. The van der Waals surface area contributed by atoms with E-state index in [4.69, 9.17) is 15.2 Å². The lowest BCUT2D eigenvalue weighted by Crippen LogP contribution is -2.14. The third kappa shape index (κ3) is 4.68. The Hall–Kier alpha value is -1.27. The molecule has 1 rings (SSSR count). The topological polar surface area (TPSA) is 78.6 Å². The first-order valence-corrected chi connectivity index (χ1v) is 8.43. The van der Waals surface area contributed by atoms with E-state index in [1.807, 2.05) is 12.1 Å². The van der Waals surface area contributed by atoms with E-state index in [2.05, 4.69) is 0 Å². The summed E-state index contributed by atoms with van der Waals surface area (Å²) in [5.41, 5.74) is 7.00. The number of rotatable bonds is 8. The predicted octanol–water partition coefficient (Wildman–Crippen LogP) is 1.92. The molecule has 1 aromatic carbocycles. The molecule has 0 aliphatic rings. The van der Waals surface area contributed by atoms with E-state index in [1.54, 1.807) is 27.2 Å². The molecular formula is C14H23NO4S. The van der Waals surface area contributed by atoms with E-state index < -0.39 is 9.84 Å². The summed E-state index contributed by atoms with van der Waals surface area (Å²) in [7, 11) is 0.226. The Balaban J connectivity index is 2.66. The van der Waals surface area contributed by atoms with Crippen molar-refractivity contribution in [3.05, 3.63) is 23.8 Å². The van der Waals surface area contributed by atoms with Crippen molar-refractivity contribution < 1.29 is 17.9 Å². The minimum atomic E-state index is -2.92. The van der Waals surface area contributed by atoms with Crippen LogP contribution in [0.25, 0.3) is 0 Å². The van der Waals surface area contributed by atoms with Gasteiger partial charge in [0.2, 0.25) is 0 Å². The second-order valence-corrected chi connectivity index (χ2v) is 7.07. The highest BCUT2D eigenvalue weighted by Gasteiger charge is 2.13. The summed E-state index contributed by atoms with van der Waals surface area (Å²) >= 11 is 0. The van der Waals surface area contributed by atoms with E-state index >= 15 is 0 Å². The Morgan fingerprint density at radius 2 is 1.85 bits per heavy atom. The van der Waals surface area contributed by atoms with Gasteiger partial charge in [0, 0.05) is 11.8 Å². The van der Waals surface area contributed by atoms with Crippen molar-refractivity contribution >= 4 is 9.84 Å². The fourth-order valence-electron chi connectivity index (χ4n) is 1.92. The number of nitrogens with two attached hydrogens (primary N) is 1. The van der Waals surface area contributed by atoms with Gasteiger partial charge in [-0.25, -0.2) is 8.42 Å². The third-order valence-corrected chi connectivity index (χ3v) is 5.04. The molecule has 114 valence electrons. The molecule has 20 heavy (non-hydrogen) atoms. The zero-order chi connectivity index (χ0) is 15.2. The van der Waals surface area contributed by atoms with Crippen LogP contribution in [-0.4, -0.2) is 34.1 Å². The smallest absolute Gasteiger partial charge is 0.161 e. The summed E-state index contributed by atoms with van der Waals surface area (Å²) in [5, 5.41) is 0. The fraction of sp³-hybridized carbons (Fsp3) is 0.571. The molecule has 1 unspecified atom stereocenters. The first-order chi connectivity index (χ1) is 9.43. The molecule has 0 saturated carbocycles. The number of hydrogen-bond acceptors (Lipinski definition) is 5. The fourth-order valence-corrected chi connectivity index (χ4v) is 2.81. The van der Waals surface area contributed by atoms with Crippen molar-refractivity contribution in [2.75, 3.05) is 25.7 Å². The molecule has 5 nitrogen and oxygen atoms in total. The third-order valence-electron chi connectivity index (χ3n) is 3.25. The Morgan fingerprint density at radius 1 is 1.20 bits per heavy atom. The van der Waals surface area contributed by atoms with Gasteiger partial charge in [0.15, 0.2) is 11.5 Å². The van der Waals surface area contributed by atoms with Crippen molar-refractivity contribution in [1.82, 2.24) is 0 Å². The van der Waals surface area contributed by atoms with E-state index in [0.717, 1.165) is 5.56 Å². The van der Waals surface area contributed by atoms with E-state index in [0.29, 0.717) is 24.3 Å². The lowest BCUT2D eigenvalue weighted by molar-refractivity contribution is 0.354. The van der Waals surface area contributed by atoms with Gasteiger partial charge in [-0.05, 0) is 30.5 Å². The van der Waals surface area contributed by atoms with Gasteiger partial charge in [-0.3, -0.25) is 0 Å². The number of sulfone groups is 1. The maximum Gasteiger partial charge on any atom is 0.161 e. The van der Waals surface area contributed by atoms with Gasteiger partial charge in [-0.1, -0.05) is 13.0 Å². The van der Waals surface area contributed by atoms with Crippen molar-refractivity contribution in [2.45, 2.75) is 25.8 Å². The Morgan fingerprint density at radius 3 is 2.40 bits per heavy atom. The van der Waals surface area contributed by atoms with Crippen LogP contribution in [0.15, 0.2) is 18.2 Å². The van der Waals surface area contributed by atoms with Crippen molar-refractivity contribution in [1.29, 1.82) is 0 Å². The quantitative estimate of drug-likeness (QED) is 0.793. The highest BCUT2D eigenvalue weighted by atomic mass is 32.2. The van der Waals surface area contributed by atoms with Crippen LogP contribution in [-0.2, 0) is 9.84 Å². The Bertz CT molecular complexity index is 528. The van der Waals surface area contributed by atoms with Crippen LogP contribution in [0.5, 0.6) is 11.5 Å². The normalized spacial score (nSPS) is 13.0. The molecule has 0 aliphatic carbocycles. The lowest BCUT2D eigenvalue weighted by Gasteiger charge is -2.15. The average Bonchev–Trinajstić information content (AvgIpc) is 2.46. The summed E-state index contributed by atoms with van der Waals surface area (Å²) in [6.45, 7) is 1.66. The highest BCUT2D eigenvalue weighted by Crippen LogP contribution is 2.30. The van der Waals surface area contributed by atoms with Crippen LogP contribution in [0.2, 0.25) is 0 Å². The molecule has 0 spiro atoms. The number of hydrogen-bond donors (Lipinski definition) is 1. The number of benzene rings is 1. The van der Waals surface area contributed by atoms with Crippen molar-refractivity contribution in [2.24, 2.45) is 5.73 Å². The SMILES string of the molecule is CCS(=O)(=O)CCCC(N)c1ccc(OC)c(OC)c1. The van der Waals surface area contributed by atoms with Crippen molar-refractivity contribution in [3.63, 3.8) is 0 Å². The molecule has 0 radical (unpaired) electrons. The minimum Gasteiger partial charge on any atom is -0.493 e. The average molecular weight is 301 g/mol. The molecule has 1 aromatic rings. The van der Waals surface area contributed by atoms with Gasteiger partial charge in [-0.2, -0.15) is 0 Å². The Kier molecular flexibility index (Phi) is 6.29. The van der Waals surface area contributed by atoms with Gasteiger partial charge in [0.1, 0.15) is 9.84 Å². The van der Waals surface area contributed by atoms with Crippen LogP contribution >= 0.6 is 0 Å².